The van der Waals surface area contributed by atoms with Crippen LogP contribution in [0.3, 0.4) is 0 Å². The van der Waals surface area contributed by atoms with Crippen LogP contribution >= 0.6 is 15.9 Å². The molecule has 0 bridgehead atoms. The Bertz CT molecular complexity index is 957. The van der Waals surface area contributed by atoms with Gasteiger partial charge in [-0.3, -0.25) is 4.79 Å². The lowest BCUT2D eigenvalue weighted by Gasteiger charge is -2.26. The molecule has 1 fully saturated rings. The van der Waals surface area contributed by atoms with Gasteiger partial charge in [0.2, 0.25) is 15.9 Å². The van der Waals surface area contributed by atoms with Gasteiger partial charge in [0.25, 0.3) is 0 Å². The van der Waals surface area contributed by atoms with Gasteiger partial charge in [0.15, 0.2) is 0 Å². The molecule has 0 aromatic heterocycles. The van der Waals surface area contributed by atoms with Crippen molar-refractivity contribution in [2.45, 2.75) is 31.1 Å². The van der Waals surface area contributed by atoms with E-state index < -0.39 is 10.0 Å². The Balaban J connectivity index is 1.69. The largest absolute Gasteiger partial charge is 0.376 e. The maximum Gasteiger partial charge on any atom is 0.243 e. The predicted molar refractivity (Wildman–Crippen MR) is 115 cm³/mol. The summed E-state index contributed by atoms with van der Waals surface area (Å²) in [5.41, 5.74) is 2.21. The Hall–Kier alpha value is -1.90. The van der Waals surface area contributed by atoms with Crippen molar-refractivity contribution in [3.63, 3.8) is 0 Å². The number of nitrogens with zero attached hydrogens (tertiary/aromatic N) is 1. The van der Waals surface area contributed by atoms with Crippen molar-refractivity contribution in [1.29, 1.82) is 0 Å². The summed E-state index contributed by atoms with van der Waals surface area (Å²) in [6.07, 6.45) is 2.86. The van der Waals surface area contributed by atoms with Gasteiger partial charge in [0.05, 0.1) is 17.1 Å². The van der Waals surface area contributed by atoms with Crippen LogP contribution in [0.4, 0.5) is 11.4 Å². The maximum absolute atomic E-state index is 12.9. The SMILES string of the molecule is Cc1ccc(S(=O)(=O)N2CCCCC2)cc1NCC(=O)Nc1ccccc1Br. The topological polar surface area (TPSA) is 78.5 Å². The molecule has 8 heteroatoms. The molecule has 0 atom stereocenters. The van der Waals surface area contributed by atoms with E-state index in [4.69, 9.17) is 0 Å². The van der Waals surface area contributed by atoms with Crippen molar-refractivity contribution >= 4 is 43.2 Å². The number of benzene rings is 2. The average Bonchev–Trinajstić information content (AvgIpc) is 2.69. The highest BCUT2D eigenvalue weighted by molar-refractivity contribution is 9.10. The number of hydrogen-bond donors (Lipinski definition) is 2. The van der Waals surface area contributed by atoms with Gasteiger partial charge in [0, 0.05) is 23.2 Å². The van der Waals surface area contributed by atoms with Crippen LogP contribution in [0.5, 0.6) is 0 Å². The number of anilines is 2. The minimum Gasteiger partial charge on any atom is -0.376 e. The van der Waals surface area contributed by atoms with Crippen LogP contribution in [0, 0.1) is 6.92 Å². The zero-order valence-corrected chi connectivity index (χ0v) is 18.1. The normalized spacial score (nSPS) is 15.2. The molecule has 1 saturated heterocycles. The highest BCUT2D eigenvalue weighted by Crippen LogP contribution is 2.25. The molecule has 2 N–H and O–H groups in total. The van der Waals surface area contributed by atoms with E-state index in [9.17, 15) is 13.2 Å². The molecular formula is C20H24BrN3O3S. The first-order chi connectivity index (χ1) is 13.4. The summed E-state index contributed by atoms with van der Waals surface area (Å²) in [5.74, 6) is -0.212. The number of amides is 1. The van der Waals surface area contributed by atoms with Gasteiger partial charge in [-0.2, -0.15) is 4.31 Å². The van der Waals surface area contributed by atoms with Gasteiger partial charge in [-0.25, -0.2) is 8.42 Å². The second-order valence-corrected chi connectivity index (χ2v) is 9.62. The second kappa shape index (κ2) is 9.07. The number of rotatable bonds is 6. The number of nitrogens with one attached hydrogen (secondary N) is 2. The maximum atomic E-state index is 12.9. The molecule has 1 aliphatic rings. The number of sulfonamides is 1. The highest BCUT2D eigenvalue weighted by atomic mass is 79.9. The lowest BCUT2D eigenvalue weighted by atomic mass is 10.2. The van der Waals surface area contributed by atoms with E-state index in [0.29, 0.717) is 24.5 Å². The zero-order chi connectivity index (χ0) is 20.1. The van der Waals surface area contributed by atoms with Crippen molar-refractivity contribution < 1.29 is 13.2 Å². The van der Waals surface area contributed by atoms with Crippen molar-refractivity contribution in [2.75, 3.05) is 30.3 Å². The molecule has 0 aliphatic carbocycles. The molecule has 3 rings (SSSR count). The predicted octanol–water partition coefficient (Wildman–Crippen LogP) is 3.98. The number of carbonyl (C=O) groups is 1. The van der Waals surface area contributed by atoms with Gasteiger partial charge in [-0.15, -0.1) is 0 Å². The summed E-state index contributed by atoms with van der Waals surface area (Å²) in [6, 6.07) is 12.4. The van der Waals surface area contributed by atoms with Crippen LogP contribution in [0.15, 0.2) is 51.8 Å². The van der Waals surface area contributed by atoms with Crippen LogP contribution in [0.1, 0.15) is 24.8 Å². The number of halogens is 1. The van der Waals surface area contributed by atoms with Crippen LogP contribution in [0.25, 0.3) is 0 Å². The molecule has 6 nitrogen and oxygen atoms in total. The molecule has 2 aromatic carbocycles. The molecule has 0 unspecified atom stereocenters. The van der Waals surface area contributed by atoms with Gasteiger partial charge < -0.3 is 10.6 Å². The van der Waals surface area contributed by atoms with Crippen LogP contribution in [-0.4, -0.2) is 38.3 Å². The molecule has 1 heterocycles. The van der Waals surface area contributed by atoms with E-state index >= 15 is 0 Å². The Morgan fingerprint density at radius 3 is 2.50 bits per heavy atom. The fourth-order valence-corrected chi connectivity index (χ4v) is 5.07. The molecule has 0 radical (unpaired) electrons. The van der Waals surface area contributed by atoms with Crippen molar-refractivity contribution in [2.24, 2.45) is 0 Å². The smallest absolute Gasteiger partial charge is 0.243 e. The summed E-state index contributed by atoms with van der Waals surface area (Å²) in [7, 11) is -3.51. The third-order valence-corrected chi connectivity index (χ3v) is 7.34. The number of aryl methyl sites for hydroxylation is 1. The van der Waals surface area contributed by atoms with Crippen LogP contribution in [0.2, 0.25) is 0 Å². The third-order valence-electron chi connectivity index (χ3n) is 4.75. The minimum absolute atomic E-state index is 0.0371. The van der Waals surface area contributed by atoms with Gasteiger partial charge in [-0.05, 0) is 65.5 Å². The zero-order valence-electron chi connectivity index (χ0n) is 15.7. The average molecular weight is 466 g/mol. The summed E-state index contributed by atoms with van der Waals surface area (Å²) in [4.78, 5) is 12.5. The first-order valence-corrected chi connectivity index (χ1v) is 11.5. The van der Waals surface area contributed by atoms with E-state index in [1.54, 1.807) is 28.6 Å². The number of piperidine rings is 1. The number of carbonyl (C=O) groups excluding carboxylic acids is 1. The molecule has 28 heavy (non-hydrogen) atoms. The lowest BCUT2D eigenvalue weighted by molar-refractivity contribution is -0.114. The second-order valence-electron chi connectivity index (χ2n) is 6.82. The molecule has 2 aromatic rings. The molecular weight excluding hydrogens is 442 g/mol. The monoisotopic (exact) mass is 465 g/mol. The number of hydrogen-bond acceptors (Lipinski definition) is 4. The third kappa shape index (κ3) is 4.92. The van der Waals surface area contributed by atoms with Crippen LogP contribution < -0.4 is 10.6 Å². The Labute approximate surface area is 174 Å². The van der Waals surface area contributed by atoms with E-state index in [0.717, 1.165) is 29.3 Å². The van der Waals surface area contributed by atoms with Gasteiger partial charge in [-0.1, -0.05) is 24.6 Å². The Morgan fingerprint density at radius 2 is 1.79 bits per heavy atom. The van der Waals surface area contributed by atoms with E-state index in [-0.39, 0.29) is 17.3 Å². The van der Waals surface area contributed by atoms with Crippen molar-refractivity contribution in [3.8, 4) is 0 Å². The van der Waals surface area contributed by atoms with Gasteiger partial charge in [0.1, 0.15) is 0 Å². The van der Waals surface area contributed by atoms with E-state index in [1.807, 2.05) is 25.1 Å². The van der Waals surface area contributed by atoms with E-state index in [1.165, 1.54) is 0 Å². The fraction of sp³-hybridized carbons (Fsp3) is 0.350. The first kappa shape index (κ1) is 20.8. The highest BCUT2D eigenvalue weighted by Gasteiger charge is 2.26. The summed E-state index contributed by atoms with van der Waals surface area (Å²) >= 11 is 3.40. The quantitative estimate of drug-likeness (QED) is 0.675. The summed E-state index contributed by atoms with van der Waals surface area (Å²) in [6.45, 7) is 3.04. The Morgan fingerprint density at radius 1 is 1.07 bits per heavy atom. The van der Waals surface area contributed by atoms with Crippen molar-refractivity contribution in [1.82, 2.24) is 4.31 Å². The first-order valence-electron chi connectivity index (χ1n) is 9.27. The molecule has 1 aliphatic heterocycles. The Kier molecular flexibility index (Phi) is 6.74. The lowest BCUT2D eigenvalue weighted by Crippen LogP contribution is -2.35. The molecule has 0 spiro atoms. The standard InChI is InChI=1S/C20H24BrN3O3S/c1-15-9-10-16(28(26,27)24-11-5-2-6-12-24)13-19(15)22-14-20(25)23-18-8-4-3-7-17(18)21/h3-4,7-10,13,22H,2,5-6,11-12,14H2,1H3,(H,23,25). The molecule has 1 amide bonds. The van der Waals surface area contributed by atoms with Gasteiger partial charge >= 0.3 is 0 Å². The summed E-state index contributed by atoms with van der Waals surface area (Å²) < 4.78 is 28.1. The number of para-hydroxylation sites is 1. The van der Waals surface area contributed by atoms with Crippen LogP contribution in [-0.2, 0) is 14.8 Å². The molecule has 0 saturated carbocycles. The fourth-order valence-electron chi connectivity index (χ4n) is 3.14. The minimum atomic E-state index is -3.51. The van der Waals surface area contributed by atoms with E-state index in [2.05, 4.69) is 26.6 Å². The van der Waals surface area contributed by atoms with Crippen molar-refractivity contribution in [3.05, 3.63) is 52.5 Å². The molecule has 150 valence electrons. The summed E-state index contributed by atoms with van der Waals surface area (Å²) in [5, 5.41) is 5.88.